The molecule has 0 aliphatic carbocycles. The topological polar surface area (TPSA) is 115 Å². The van der Waals surface area contributed by atoms with Crippen molar-refractivity contribution in [1.29, 1.82) is 0 Å². The zero-order chi connectivity index (χ0) is 27.2. The number of benzene rings is 3. The first kappa shape index (κ1) is 27.1. The molecule has 1 aliphatic heterocycles. The number of ether oxygens (including phenoxy) is 2. The predicted octanol–water partition coefficient (Wildman–Crippen LogP) is 5.74. The molecule has 7 nitrogen and oxygen atoms in total. The molecule has 4 N–H and O–H groups in total. The number of carboxylic acids is 1. The van der Waals surface area contributed by atoms with Crippen molar-refractivity contribution in [3.8, 4) is 11.1 Å². The Kier molecular flexibility index (Phi) is 8.71. The van der Waals surface area contributed by atoms with Crippen molar-refractivity contribution in [2.24, 2.45) is 5.73 Å². The maximum Gasteiger partial charge on any atom is 0.338 e. The van der Waals surface area contributed by atoms with E-state index in [0.717, 1.165) is 33.4 Å². The molecule has 2 heterocycles. The molecule has 0 unspecified atom stereocenters. The quantitative estimate of drug-likeness (QED) is 0.230. The first-order chi connectivity index (χ1) is 19.1. The second-order valence-electron chi connectivity index (χ2n) is 9.31. The van der Waals surface area contributed by atoms with Crippen LogP contribution in [0.1, 0.15) is 51.4 Å². The molecule has 1 aliphatic rings. The zero-order valence-electron chi connectivity index (χ0n) is 21.3. The summed E-state index contributed by atoms with van der Waals surface area (Å²) in [4.78, 5) is 15.9. The molecule has 4 aromatic rings. The number of carbonyl (C=O) groups is 1. The predicted molar refractivity (Wildman–Crippen MR) is 150 cm³/mol. The molecular formula is C31H30N2O5S. The van der Waals surface area contributed by atoms with Gasteiger partial charge in [0.1, 0.15) is 5.03 Å². The van der Waals surface area contributed by atoms with Gasteiger partial charge in [0, 0.05) is 30.5 Å². The Balaban J connectivity index is 1.38. The Hall–Kier alpha value is -3.53. The third kappa shape index (κ3) is 6.38. The van der Waals surface area contributed by atoms with Crippen LogP contribution in [0.15, 0.2) is 96.2 Å². The number of thioether (sulfide) groups is 1. The molecule has 0 saturated carbocycles. The number of aromatic carboxylic acids is 1. The fourth-order valence-electron chi connectivity index (χ4n) is 4.66. The van der Waals surface area contributed by atoms with Crippen molar-refractivity contribution in [2.75, 3.05) is 5.75 Å². The molecule has 1 fully saturated rings. The Morgan fingerprint density at radius 1 is 0.949 bits per heavy atom. The minimum absolute atomic E-state index is 0.0214. The van der Waals surface area contributed by atoms with Gasteiger partial charge in [0.25, 0.3) is 0 Å². The highest BCUT2D eigenvalue weighted by Crippen LogP contribution is 2.40. The summed E-state index contributed by atoms with van der Waals surface area (Å²) in [6.45, 7) is 0.440. The van der Waals surface area contributed by atoms with Gasteiger partial charge < -0.3 is 25.4 Å². The van der Waals surface area contributed by atoms with Crippen molar-refractivity contribution in [3.05, 3.63) is 119 Å². The van der Waals surface area contributed by atoms with Gasteiger partial charge in [0.2, 0.25) is 0 Å². The number of carboxylic acid groups (broad SMARTS) is 1. The van der Waals surface area contributed by atoms with Crippen LogP contribution in [0.3, 0.4) is 0 Å². The summed E-state index contributed by atoms with van der Waals surface area (Å²) in [7, 11) is 0. The van der Waals surface area contributed by atoms with Crippen LogP contribution in [-0.4, -0.2) is 33.0 Å². The number of nitrogens with zero attached hydrogens (tertiary/aromatic N) is 1. The Morgan fingerprint density at radius 3 is 2.41 bits per heavy atom. The van der Waals surface area contributed by atoms with E-state index in [0.29, 0.717) is 23.7 Å². The monoisotopic (exact) mass is 542 g/mol. The van der Waals surface area contributed by atoms with Crippen LogP contribution in [0.25, 0.3) is 11.1 Å². The van der Waals surface area contributed by atoms with E-state index in [2.05, 4.69) is 11.1 Å². The molecule has 0 radical (unpaired) electrons. The van der Waals surface area contributed by atoms with Crippen molar-refractivity contribution >= 4 is 17.7 Å². The SMILES string of the molecule is NCc1ccccc1-c1ccc([C@H]2O[C@@H](CSc3ncccc3C(=O)O)C[C@@H](c3ccc(CO)cc3)O2)cc1. The van der Waals surface area contributed by atoms with Gasteiger partial charge in [-0.2, -0.15) is 0 Å². The van der Waals surface area contributed by atoms with Crippen molar-refractivity contribution in [1.82, 2.24) is 4.98 Å². The summed E-state index contributed by atoms with van der Waals surface area (Å²) in [5.41, 5.74) is 12.1. The first-order valence-corrected chi connectivity index (χ1v) is 13.7. The molecule has 1 aromatic heterocycles. The minimum atomic E-state index is -1.01. The number of rotatable bonds is 9. The first-order valence-electron chi connectivity index (χ1n) is 12.8. The number of aliphatic hydroxyl groups is 1. The summed E-state index contributed by atoms with van der Waals surface area (Å²) in [5, 5.41) is 19.4. The van der Waals surface area contributed by atoms with E-state index in [1.54, 1.807) is 18.3 Å². The number of hydrogen-bond donors (Lipinski definition) is 3. The molecule has 0 bridgehead atoms. The van der Waals surface area contributed by atoms with E-state index >= 15 is 0 Å². The summed E-state index contributed by atoms with van der Waals surface area (Å²) in [6.07, 6.45) is 1.14. The molecule has 1 saturated heterocycles. The van der Waals surface area contributed by atoms with Gasteiger partial charge in [-0.25, -0.2) is 9.78 Å². The lowest BCUT2D eigenvalue weighted by Gasteiger charge is -2.36. The third-order valence-electron chi connectivity index (χ3n) is 6.75. The molecule has 0 amide bonds. The average Bonchev–Trinajstić information content (AvgIpc) is 3.00. The van der Waals surface area contributed by atoms with E-state index < -0.39 is 12.3 Å². The van der Waals surface area contributed by atoms with Crippen molar-refractivity contribution < 1.29 is 24.5 Å². The van der Waals surface area contributed by atoms with E-state index in [-0.39, 0.29) is 24.4 Å². The molecule has 3 atom stereocenters. The van der Waals surface area contributed by atoms with E-state index in [1.807, 2.05) is 66.7 Å². The summed E-state index contributed by atoms with van der Waals surface area (Å²) < 4.78 is 12.8. The molecule has 8 heteroatoms. The molecule has 5 rings (SSSR count). The second-order valence-corrected chi connectivity index (χ2v) is 10.3. The normalized spacial score (nSPS) is 19.1. The third-order valence-corrected chi connectivity index (χ3v) is 7.89. The van der Waals surface area contributed by atoms with E-state index in [9.17, 15) is 15.0 Å². The number of hydrogen-bond acceptors (Lipinski definition) is 7. The van der Waals surface area contributed by atoms with Crippen LogP contribution in [0.4, 0.5) is 0 Å². The number of aromatic nitrogens is 1. The smallest absolute Gasteiger partial charge is 0.338 e. The standard InChI is InChI=1S/C31H30N2O5S/c32-17-24-4-1-2-5-26(24)21-11-13-23(14-12-21)31-37-25(19-39-29-27(30(35)36)6-3-15-33-29)16-28(38-31)22-9-7-20(18-34)8-10-22/h1-15,25,28,31,34H,16-19,32H2,(H,35,36)/t25-,28+,31+/m1/s1. The van der Waals surface area contributed by atoms with Gasteiger partial charge in [-0.05, 0) is 39.9 Å². The molecule has 0 spiro atoms. The van der Waals surface area contributed by atoms with Crippen LogP contribution in [0.2, 0.25) is 0 Å². The fourth-order valence-corrected chi connectivity index (χ4v) is 5.67. The average molecular weight is 543 g/mol. The lowest BCUT2D eigenvalue weighted by molar-refractivity contribution is -0.245. The van der Waals surface area contributed by atoms with Crippen LogP contribution in [0, 0.1) is 0 Å². The highest BCUT2D eigenvalue weighted by molar-refractivity contribution is 7.99. The van der Waals surface area contributed by atoms with E-state index in [1.165, 1.54) is 11.8 Å². The van der Waals surface area contributed by atoms with Crippen LogP contribution < -0.4 is 5.73 Å². The largest absolute Gasteiger partial charge is 0.478 e. The molecule has 39 heavy (non-hydrogen) atoms. The van der Waals surface area contributed by atoms with Crippen LogP contribution in [0.5, 0.6) is 0 Å². The number of pyridine rings is 1. The summed E-state index contributed by atoms with van der Waals surface area (Å²) >= 11 is 1.37. The molecular weight excluding hydrogens is 512 g/mol. The Morgan fingerprint density at radius 2 is 1.69 bits per heavy atom. The van der Waals surface area contributed by atoms with Gasteiger partial charge >= 0.3 is 5.97 Å². The molecule has 3 aromatic carbocycles. The van der Waals surface area contributed by atoms with Gasteiger partial charge in [-0.1, -0.05) is 72.8 Å². The number of nitrogens with two attached hydrogens (primary N) is 1. The van der Waals surface area contributed by atoms with Gasteiger partial charge in [-0.15, -0.1) is 11.8 Å². The van der Waals surface area contributed by atoms with E-state index in [4.69, 9.17) is 15.2 Å². The van der Waals surface area contributed by atoms with Gasteiger partial charge in [-0.3, -0.25) is 0 Å². The zero-order valence-corrected chi connectivity index (χ0v) is 22.1. The molecule has 200 valence electrons. The summed E-state index contributed by atoms with van der Waals surface area (Å²) in [6, 6.07) is 27.1. The van der Waals surface area contributed by atoms with Crippen molar-refractivity contribution in [3.63, 3.8) is 0 Å². The maximum absolute atomic E-state index is 11.6. The summed E-state index contributed by atoms with van der Waals surface area (Å²) in [5.74, 6) is -0.487. The van der Waals surface area contributed by atoms with Crippen LogP contribution >= 0.6 is 11.8 Å². The van der Waals surface area contributed by atoms with Gasteiger partial charge in [0.15, 0.2) is 6.29 Å². The van der Waals surface area contributed by atoms with Crippen LogP contribution in [-0.2, 0) is 22.6 Å². The minimum Gasteiger partial charge on any atom is -0.478 e. The highest BCUT2D eigenvalue weighted by atomic mass is 32.2. The van der Waals surface area contributed by atoms with Crippen molar-refractivity contribution in [2.45, 2.75) is 43.1 Å². The second kappa shape index (κ2) is 12.5. The lowest BCUT2D eigenvalue weighted by Crippen LogP contribution is -2.31. The fraction of sp³-hybridized carbons (Fsp3) is 0.226. The number of aliphatic hydroxyl groups excluding tert-OH is 1. The highest BCUT2D eigenvalue weighted by Gasteiger charge is 2.32. The lowest BCUT2D eigenvalue weighted by atomic mass is 9.98. The Labute approximate surface area is 231 Å². The van der Waals surface area contributed by atoms with Gasteiger partial charge in [0.05, 0.1) is 24.4 Å². The maximum atomic E-state index is 11.6. The Bertz CT molecular complexity index is 1410.